The fraction of sp³-hybridized carbons (Fsp3) is 0.562. The van der Waals surface area contributed by atoms with Gasteiger partial charge in [-0.25, -0.2) is 0 Å². The van der Waals surface area contributed by atoms with Crippen molar-refractivity contribution < 1.29 is 14.3 Å². The second-order valence-electron chi connectivity index (χ2n) is 5.42. The summed E-state index contributed by atoms with van der Waals surface area (Å²) in [5.41, 5.74) is 0.564. The summed E-state index contributed by atoms with van der Waals surface area (Å²) in [7, 11) is 3.07. The van der Waals surface area contributed by atoms with Crippen LogP contribution in [0.1, 0.15) is 32.1 Å². The van der Waals surface area contributed by atoms with E-state index < -0.39 is 0 Å². The number of anilines is 1. The van der Waals surface area contributed by atoms with Crippen molar-refractivity contribution in [2.45, 2.75) is 38.1 Å². The van der Waals surface area contributed by atoms with E-state index in [1.807, 2.05) is 0 Å². The van der Waals surface area contributed by atoms with Crippen LogP contribution in [0.3, 0.4) is 0 Å². The number of halogens is 1. The lowest BCUT2D eigenvalue weighted by molar-refractivity contribution is -0.116. The Bertz CT molecular complexity index is 516. The van der Waals surface area contributed by atoms with Gasteiger partial charge in [0.25, 0.3) is 0 Å². The molecule has 1 fully saturated rings. The Morgan fingerprint density at radius 2 is 1.91 bits per heavy atom. The molecule has 1 aromatic rings. The van der Waals surface area contributed by atoms with E-state index in [-0.39, 0.29) is 5.91 Å². The van der Waals surface area contributed by atoms with E-state index in [4.69, 9.17) is 21.1 Å². The minimum atomic E-state index is -0.0619. The Hall–Kier alpha value is -1.46. The van der Waals surface area contributed by atoms with Crippen molar-refractivity contribution in [3.63, 3.8) is 0 Å². The molecule has 2 N–H and O–H groups in total. The number of carbonyl (C=O) groups excluding carboxylic acids is 1. The molecule has 0 radical (unpaired) electrons. The first kappa shape index (κ1) is 16.9. The topological polar surface area (TPSA) is 59.6 Å². The number of hydrogen-bond donors (Lipinski definition) is 2. The maximum atomic E-state index is 12.1. The van der Waals surface area contributed by atoms with Gasteiger partial charge < -0.3 is 20.1 Å². The van der Waals surface area contributed by atoms with Gasteiger partial charge in [-0.1, -0.05) is 24.4 Å². The van der Waals surface area contributed by atoms with Crippen LogP contribution in [0.5, 0.6) is 11.5 Å². The maximum Gasteiger partial charge on any atom is 0.225 e. The predicted molar refractivity (Wildman–Crippen MR) is 88.1 cm³/mol. The Morgan fingerprint density at radius 1 is 1.23 bits per heavy atom. The molecule has 0 aromatic heterocycles. The van der Waals surface area contributed by atoms with Gasteiger partial charge in [-0.15, -0.1) is 0 Å². The number of methoxy groups -OCH3 is 2. The molecule has 0 aliphatic heterocycles. The van der Waals surface area contributed by atoms with Crippen molar-refractivity contribution in [3.8, 4) is 11.5 Å². The van der Waals surface area contributed by atoms with E-state index in [2.05, 4.69) is 10.6 Å². The van der Waals surface area contributed by atoms with Gasteiger partial charge in [-0.05, 0) is 12.8 Å². The van der Waals surface area contributed by atoms with Crippen LogP contribution in [0.25, 0.3) is 0 Å². The standard InChI is InChI=1S/C16H23ClN2O3/c1-21-14-10-13(15(22-2)9-12(14)17)19-16(20)7-8-18-11-5-3-4-6-11/h9-11,18H,3-8H2,1-2H3,(H,19,20). The second kappa shape index (κ2) is 8.25. The third-order valence-corrected chi connectivity index (χ3v) is 4.18. The van der Waals surface area contributed by atoms with E-state index in [1.54, 1.807) is 12.1 Å². The van der Waals surface area contributed by atoms with Gasteiger partial charge in [-0.2, -0.15) is 0 Å². The van der Waals surface area contributed by atoms with Crippen LogP contribution in [-0.4, -0.2) is 32.7 Å². The zero-order valence-corrected chi connectivity index (χ0v) is 13.8. The van der Waals surface area contributed by atoms with Gasteiger partial charge >= 0.3 is 0 Å². The number of amides is 1. The van der Waals surface area contributed by atoms with E-state index in [9.17, 15) is 4.79 Å². The summed E-state index contributed by atoms with van der Waals surface area (Å²) in [4.78, 5) is 12.1. The van der Waals surface area contributed by atoms with Gasteiger partial charge in [0.2, 0.25) is 5.91 Å². The van der Waals surface area contributed by atoms with E-state index in [0.717, 1.165) is 0 Å². The third kappa shape index (κ3) is 4.52. The molecule has 0 saturated heterocycles. The van der Waals surface area contributed by atoms with Gasteiger partial charge in [0, 0.05) is 31.1 Å². The van der Waals surface area contributed by atoms with Crippen LogP contribution >= 0.6 is 11.6 Å². The Morgan fingerprint density at radius 3 is 2.55 bits per heavy atom. The maximum absolute atomic E-state index is 12.1. The highest BCUT2D eigenvalue weighted by molar-refractivity contribution is 6.32. The first-order chi connectivity index (χ1) is 10.6. The highest BCUT2D eigenvalue weighted by Crippen LogP contribution is 2.35. The minimum Gasteiger partial charge on any atom is -0.495 e. The molecule has 0 atom stereocenters. The monoisotopic (exact) mass is 326 g/mol. The lowest BCUT2D eigenvalue weighted by atomic mass is 10.2. The van der Waals surface area contributed by atoms with Gasteiger partial charge in [0.15, 0.2) is 0 Å². The van der Waals surface area contributed by atoms with E-state index in [1.165, 1.54) is 39.9 Å². The summed E-state index contributed by atoms with van der Waals surface area (Å²) in [5.74, 6) is 0.956. The lowest BCUT2D eigenvalue weighted by Crippen LogP contribution is -2.29. The average Bonchev–Trinajstić information content (AvgIpc) is 3.01. The molecule has 0 bridgehead atoms. The zero-order chi connectivity index (χ0) is 15.9. The average molecular weight is 327 g/mol. The number of nitrogens with one attached hydrogen (secondary N) is 2. The predicted octanol–water partition coefficient (Wildman–Crippen LogP) is 3.22. The summed E-state index contributed by atoms with van der Waals surface area (Å²) < 4.78 is 10.4. The Labute approximate surface area is 136 Å². The molecule has 0 unspecified atom stereocenters. The second-order valence-corrected chi connectivity index (χ2v) is 5.83. The molecule has 1 aliphatic carbocycles. The molecule has 22 heavy (non-hydrogen) atoms. The molecule has 5 nitrogen and oxygen atoms in total. The van der Waals surface area contributed by atoms with Crippen LogP contribution < -0.4 is 20.1 Å². The molecule has 1 saturated carbocycles. The molecule has 0 spiro atoms. The van der Waals surface area contributed by atoms with Gasteiger partial charge in [0.05, 0.1) is 24.9 Å². The fourth-order valence-electron chi connectivity index (χ4n) is 2.69. The molecular formula is C16H23ClN2O3. The summed E-state index contributed by atoms with van der Waals surface area (Å²) >= 11 is 6.05. The van der Waals surface area contributed by atoms with Crippen molar-refractivity contribution in [3.05, 3.63) is 17.2 Å². The Balaban J connectivity index is 1.89. The molecular weight excluding hydrogens is 304 g/mol. The van der Waals surface area contributed by atoms with Gasteiger partial charge in [0.1, 0.15) is 11.5 Å². The largest absolute Gasteiger partial charge is 0.495 e. The molecule has 122 valence electrons. The fourth-order valence-corrected chi connectivity index (χ4v) is 2.92. The minimum absolute atomic E-state index is 0.0619. The number of rotatable bonds is 7. The van der Waals surface area contributed by atoms with Gasteiger partial charge in [-0.3, -0.25) is 4.79 Å². The quantitative estimate of drug-likeness (QED) is 0.807. The van der Waals surface area contributed by atoms with Crippen molar-refractivity contribution in [2.24, 2.45) is 0 Å². The third-order valence-electron chi connectivity index (χ3n) is 3.89. The molecule has 1 aromatic carbocycles. The normalized spacial score (nSPS) is 14.9. The molecule has 6 heteroatoms. The summed E-state index contributed by atoms with van der Waals surface area (Å²) in [6.45, 7) is 0.684. The van der Waals surface area contributed by atoms with E-state index in [0.29, 0.717) is 41.2 Å². The first-order valence-corrected chi connectivity index (χ1v) is 7.96. The van der Waals surface area contributed by atoms with Crippen LogP contribution in [0, 0.1) is 0 Å². The summed E-state index contributed by atoms with van der Waals surface area (Å²) in [5, 5.41) is 6.71. The Kier molecular flexibility index (Phi) is 6.34. The highest BCUT2D eigenvalue weighted by Gasteiger charge is 2.15. The SMILES string of the molecule is COc1cc(NC(=O)CCNC2CCCC2)c(OC)cc1Cl. The smallest absolute Gasteiger partial charge is 0.225 e. The van der Waals surface area contributed by atoms with E-state index >= 15 is 0 Å². The molecule has 1 aliphatic rings. The summed E-state index contributed by atoms with van der Waals surface area (Å²) in [6, 6.07) is 3.87. The van der Waals surface area contributed by atoms with Crippen molar-refractivity contribution in [1.29, 1.82) is 0 Å². The van der Waals surface area contributed by atoms with Crippen LogP contribution in [0.4, 0.5) is 5.69 Å². The summed E-state index contributed by atoms with van der Waals surface area (Å²) in [6.07, 6.45) is 5.41. The van der Waals surface area contributed by atoms with Crippen molar-refractivity contribution in [1.82, 2.24) is 5.32 Å². The zero-order valence-electron chi connectivity index (χ0n) is 13.1. The van der Waals surface area contributed by atoms with Crippen molar-refractivity contribution >= 4 is 23.2 Å². The number of carbonyl (C=O) groups is 1. The van der Waals surface area contributed by atoms with Crippen LogP contribution in [0.15, 0.2) is 12.1 Å². The molecule has 0 heterocycles. The number of hydrogen-bond acceptors (Lipinski definition) is 4. The lowest BCUT2D eigenvalue weighted by Gasteiger charge is -2.14. The van der Waals surface area contributed by atoms with Crippen LogP contribution in [-0.2, 0) is 4.79 Å². The molecule has 1 amide bonds. The first-order valence-electron chi connectivity index (χ1n) is 7.58. The molecule has 2 rings (SSSR count). The van der Waals surface area contributed by atoms with Crippen LogP contribution in [0.2, 0.25) is 5.02 Å². The number of benzene rings is 1. The highest BCUT2D eigenvalue weighted by atomic mass is 35.5. The van der Waals surface area contributed by atoms with Crippen molar-refractivity contribution in [2.75, 3.05) is 26.1 Å². The number of ether oxygens (including phenoxy) is 2.